The lowest BCUT2D eigenvalue weighted by Gasteiger charge is -2.18. The number of alkyl halides is 4. The number of hydrogen-bond donors (Lipinski definition) is 0. The molecule has 0 aliphatic heterocycles. The van der Waals surface area contributed by atoms with Gasteiger partial charge in [-0.2, -0.15) is 18.3 Å². The summed E-state index contributed by atoms with van der Waals surface area (Å²) in [6.07, 6.45) is 1.54. The number of rotatable bonds is 6. The first kappa shape index (κ1) is 16.1. The van der Waals surface area contributed by atoms with Crippen molar-refractivity contribution < 1.29 is 13.2 Å². The number of anilines is 1. The van der Waals surface area contributed by atoms with Gasteiger partial charge in [0.2, 0.25) is 0 Å². The van der Waals surface area contributed by atoms with Crippen molar-refractivity contribution in [1.29, 1.82) is 0 Å². The van der Waals surface area contributed by atoms with Crippen molar-refractivity contribution in [2.24, 2.45) is 0 Å². The average molecular weight is 365 g/mol. The third kappa shape index (κ3) is 3.87. The molecule has 0 aromatic carbocycles. The van der Waals surface area contributed by atoms with E-state index in [0.29, 0.717) is 11.3 Å². The Balaban J connectivity index is 2.21. The first-order valence-electron chi connectivity index (χ1n) is 6.62. The van der Waals surface area contributed by atoms with Crippen LogP contribution in [0.3, 0.4) is 0 Å². The molecule has 2 aromatic heterocycles. The van der Waals surface area contributed by atoms with Crippen LogP contribution in [0, 0.1) is 0 Å². The normalized spacial score (nSPS) is 12.0. The second kappa shape index (κ2) is 6.64. The van der Waals surface area contributed by atoms with Crippen LogP contribution in [0.4, 0.5) is 19.0 Å². The second-order valence-electron chi connectivity index (χ2n) is 4.78. The Hall–Kier alpha value is -1.31. The summed E-state index contributed by atoms with van der Waals surface area (Å²) < 4.78 is 39.4. The van der Waals surface area contributed by atoms with E-state index in [4.69, 9.17) is 0 Å². The highest BCUT2D eigenvalue weighted by molar-refractivity contribution is 9.09. The molecule has 0 N–H and O–H groups in total. The van der Waals surface area contributed by atoms with Gasteiger partial charge in [0.25, 0.3) is 0 Å². The molecular weight excluding hydrogens is 349 g/mol. The summed E-state index contributed by atoms with van der Waals surface area (Å²) in [6.45, 7) is 0.742. The lowest BCUT2D eigenvalue weighted by molar-refractivity contribution is -0.141. The van der Waals surface area contributed by atoms with E-state index in [1.807, 2.05) is 11.9 Å². The fourth-order valence-corrected chi connectivity index (χ4v) is 2.46. The maximum absolute atomic E-state index is 12.7. The third-order valence-electron chi connectivity index (χ3n) is 3.15. The molecule has 2 aromatic rings. The Labute approximate surface area is 129 Å². The Kier molecular flexibility index (Phi) is 5.08. The van der Waals surface area contributed by atoms with Gasteiger partial charge in [0.1, 0.15) is 5.52 Å². The SMILES string of the molecule is CN(CCCCCBr)c1nccn2nc(C(F)(F)F)cc12. The smallest absolute Gasteiger partial charge is 0.358 e. The van der Waals surface area contributed by atoms with Gasteiger partial charge in [0.15, 0.2) is 11.5 Å². The molecule has 0 atom stereocenters. The molecule has 116 valence electrons. The highest BCUT2D eigenvalue weighted by atomic mass is 79.9. The summed E-state index contributed by atoms with van der Waals surface area (Å²) in [5.41, 5.74) is -0.530. The minimum atomic E-state index is -4.45. The van der Waals surface area contributed by atoms with E-state index < -0.39 is 11.9 Å². The molecule has 0 fully saturated rings. The van der Waals surface area contributed by atoms with Crippen LogP contribution in [-0.4, -0.2) is 33.5 Å². The highest BCUT2D eigenvalue weighted by Crippen LogP contribution is 2.30. The summed E-state index contributed by atoms with van der Waals surface area (Å²) in [4.78, 5) is 6.06. The van der Waals surface area contributed by atoms with Gasteiger partial charge >= 0.3 is 6.18 Å². The number of unbranched alkanes of at least 4 members (excludes halogenated alkanes) is 2. The van der Waals surface area contributed by atoms with Crippen LogP contribution in [0.5, 0.6) is 0 Å². The number of aromatic nitrogens is 3. The Morgan fingerprint density at radius 1 is 1.29 bits per heavy atom. The third-order valence-corrected chi connectivity index (χ3v) is 3.71. The van der Waals surface area contributed by atoms with Crippen molar-refractivity contribution in [2.75, 3.05) is 23.8 Å². The maximum atomic E-state index is 12.7. The zero-order chi connectivity index (χ0) is 15.5. The number of halogens is 4. The zero-order valence-corrected chi connectivity index (χ0v) is 13.2. The standard InChI is InChI=1S/C13H16BrF3N4/c1-20(7-4-2-3-5-14)12-10-9-11(13(15,16)17)19-21(10)8-6-18-12/h6,8-9H,2-5,7H2,1H3. The van der Waals surface area contributed by atoms with Gasteiger partial charge in [0, 0.05) is 37.4 Å². The van der Waals surface area contributed by atoms with Gasteiger partial charge < -0.3 is 4.90 Å². The molecule has 21 heavy (non-hydrogen) atoms. The Morgan fingerprint density at radius 2 is 2.05 bits per heavy atom. The van der Waals surface area contributed by atoms with Crippen molar-refractivity contribution in [3.8, 4) is 0 Å². The van der Waals surface area contributed by atoms with Gasteiger partial charge in [-0.25, -0.2) is 9.50 Å². The van der Waals surface area contributed by atoms with Gasteiger partial charge in [-0.05, 0) is 12.8 Å². The Bertz CT molecular complexity index is 597. The quantitative estimate of drug-likeness (QED) is 0.578. The largest absolute Gasteiger partial charge is 0.435 e. The fourth-order valence-electron chi connectivity index (χ4n) is 2.07. The van der Waals surface area contributed by atoms with Crippen molar-refractivity contribution in [1.82, 2.24) is 14.6 Å². The summed E-state index contributed by atoms with van der Waals surface area (Å²) in [6, 6.07) is 1.04. The molecule has 2 rings (SSSR count). The lowest BCUT2D eigenvalue weighted by atomic mass is 10.2. The summed E-state index contributed by atoms with van der Waals surface area (Å²) in [5.74, 6) is 0.513. The molecule has 2 heterocycles. The van der Waals surface area contributed by atoms with Gasteiger partial charge in [0.05, 0.1) is 0 Å². The van der Waals surface area contributed by atoms with E-state index in [0.717, 1.165) is 37.2 Å². The highest BCUT2D eigenvalue weighted by Gasteiger charge is 2.34. The van der Waals surface area contributed by atoms with Crippen LogP contribution < -0.4 is 4.90 Å². The molecule has 0 unspecified atom stereocenters. The average Bonchev–Trinajstić information content (AvgIpc) is 2.87. The summed E-state index contributed by atoms with van der Waals surface area (Å²) >= 11 is 3.37. The van der Waals surface area contributed by atoms with Crippen LogP contribution in [0.15, 0.2) is 18.5 Å². The van der Waals surface area contributed by atoms with Crippen molar-refractivity contribution in [3.05, 3.63) is 24.2 Å². The predicted octanol–water partition coefficient (Wildman–Crippen LogP) is 3.75. The second-order valence-corrected chi connectivity index (χ2v) is 5.57. The minimum absolute atomic E-state index is 0.368. The molecule has 8 heteroatoms. The summed E-state index contributed by atoms with van der Waals surface area (Å²) in [7, 11) is 1.83. The van der Waals surface area contributed by atoms with E-state index in [2.05, 4.69) is 26.0 Å². The molecule has 4 nitrogen and oxygen atoms in total. The Morgan fingerprint density at radius 3 is 2.71 bits per heavy atom. The molecule has 0 radical (unpaired) electrons. The summed E-state index contributed by atoms with van der Waals surface area (Å²) in [5, 5.41) is 4.52. The van der Waals surface area contributed by atoms with E-state index in [1.54, 1.807) is 0 Å². The molecule has 0 bridgehead atoms. The maximum Gasteiger partial charge on any atom is 0.435 e. The number of nitrogens with zero attached hydrogens (tertiary/aromatic N) is 4. The van der Waals surface area contributed by atoms with Crippen LogP contribution in [0.1, 0.15) is 25.0 Å². The number of hydrogen-bond acceptors (Lipinski definition) is 3. The predicted molar refractivity (Wildman–Crippen MR) is 78.9 cm³/mol. The van der Waals surface area contributed by atoms with E-state index in [-0.39, 0.29) is 0 Å². The monoisotopic (exact) mass is 364 g/mol. The van der Waals surface area contributed by atoms with E-state index in [1.165, 1.54) is 16.9 Å². The van der Waals surface area contributed by atoms with Gasteiger partial charge in [-0.1, -0.05) is 22.4 Å². The first-order chi connectivity index (χ1) is 9.93. The molecule has 0 aliphatic rings. The van der Waals surface area contributed by atoms with Crippen LogP contribution in [0.25, 0.3) is 5.52 Å². The van der Waals surface area contributed by atoms with Crippen LogP contribution >= 0.6 is 15.9 Å². The van der Waals surface area contributed by atoms with Crippen LogP contribution in [0.2, 0.25) is 0 Å². The first-order valence-corrected chi connectivity index (χ1v) is 7.74. The van der Waals surface area contributed by atoms with Crippen molar-refractivity contribution in [2.45, 2.75) is 25.4 Å². The lowest BCUT2D eigenvalue weighted by Crippen LogP contribution is -2.20. The molecule has 0 amide bonds. The van der Waals surface area contributed by atoms with Gasteiger partial charge in [-0.3, -0.25) is 0 Å². The zero-order valence-electron chi connectivity index (χ0n) is 11.6. The van der Waals surface area contributed by atoms with Gasteiger partial charge in [-0.15, -0.1) is 0 Å². The topological polar surface area (TPSA) is 33.4 Å². The van der Waals surface area contributed by atoms with Crippen molar-refractivity contribution >= 4 is 27.3 Å². The molecule has 0 saturated heterocycles. The molecular formula is C13H16BrF3N4. The molecule has 0 aliphatic carbocycles. The van der Waals surface area contributed by atoms with Crippen molar-refractivity contribution in [3.63, 3.8) is 0 Å². The van der Waals surface area contributed by atoms with E-state index >= 15 is 0 Å². The van der Waals surface area contributed by atoms with Crippen LogP contribution in [-0.2, 0) is 6.18 Å². The minimum Gasteiger partial charge on any atom is -0.358 e. The molecule has 0 spiro atoms. The number of fused-ring (bicyclic) bond motifs is 1. The molecule has 0 saturated carbocycles. The fraction of sp³-hybridized carbons (Fsp3) is 0.538. The van der Waals surface area contributed by atoms with E-state index in [9.17, 15) is 13.2 Å².